The average molecular weight is 276 g/mol. The van der Waals surface area contributed by atoms with Crippen LogP contribution < -0.4 is 10.6 Å². The molecule has 0 radical (unpaired) electrons. The summed E-state index contributed by atoms with van der Waals surface area (Å²) in [6, 6.07) is -0.468. The maximum Gasteiger partial charge on any atom is 0.243 e. The predicted octanol–water partition coefficient (Wildman–Crippen LogP) is 0.983. The molecule has 0 aromatic rings. The Hall–Kier alpha value is -1.90. The number of terminal acetylenes is 1. The molecule has 0 saturated carbocycles. The Bertz CT molecular complexity index is 484. The molecule has 108 valence electrons. The van der Waals surface area contributed by atoms with Crippen molar-refractivity contribution in [2.24, 2.45) is 15.6 Å². The first kappa shape index (κ1) is 14.5. The van der Waals surface area contributed by atoms with Gasteiger partial charge < -0.3 is 10.6 Å². The maximum atomic E-state index is 12.0. The molecule has 2 N–H and O–H groups in total. The minimum atomic E-state index is -0.468. The molecule has 2 aliphatic heterocycles. The van der Waals surface area contributed by atoms with Crippen molar-refractivity contribution >= 4 is 11.8 Å². The normalized spacial score (nSPS) is 24.9. The van der Waals surface area contributed by atoms with Gasteiger partial charge in [-0.25, -0.2) is 0 Å². The third-order valence-electron chi connectivity index (χ3n) is 3.87. The van der Waals surface area contributed by atoms with Crippen LogP contribution in [0.25, 0.3) is 0 Å². The molecule has 0 bridgehead atoms. The Morgan fingerprint density at radius 3 is 2.70 bits per heavy atom. The van der Waals surface area contributed by atoms with E-state index in [9.17, 15) is 9.59 Å². The van der Waals surface area contributed by atoms with Crippen molar-refractivity contribution in [3.63, 3.8) is 0 Å². The fourth-order valence-electron chi connectivity index (χ4n) is 2.35. The molecule has 1 atom stereocenters. The fraction of sp³-hybridized carbons (Fsp3) is 0.714. The number of amides is 2. The summed E-state index contributed by atoms with van der Waals surface area (Å²) in [6.45, 7) is 4.49. The van der Waals surface area contributed by atoms with Gasteiger partial charge in [-0.1, -0.05) is 13.8 Å². The standard InChI is InChI=1S/C14H20N4O2/c1-4-5-7-14(17-18-14)8-6-10(19)16-11-12(20)15-9-13(11,2)3/h1,11H,5-9H2,2-3H3,(H,15,20)(H,16,19). The topological polar surface area (TPSA) is 82.9 Å². The van der Waals surface area contributed by atoms with Crippen LogP contribution in [0.15, 0.2) is 10.2 Å². The minimum Gasteiger partial charge on any atom is -0.354 e. The number of hydrogen-bond donors (Lipinski definition) is 2. The van der Waals surface area contributed by atoms with E-state index in [0.717, 1.165) is 0 Å². The monoisotopic (exact) mass is 276 g/mol. The van der Waals surface area contributed by atoms with Crippen molar-refractivity contribution in [1.82, 2.24) is 10.6 Å². The second-order valence-corrected chi connectivity index (χ2v) is 6.09. The number of carbonyl (C=O) groups is 2. The van der Waals surface area contributed by atoms with Crippen molar-refractivity contribution in [1.29, 1.82) is 0 Å². The van der Waals surface area contributed by atoms with E-state index < -0.39 is 11.7 Å². The summed E-state index contributed by atoms with van der Waals surface area (Å²) in [6.07, 6.45) is 7.36. The molecular weight excluding hydrogens is 256 g/mol. The lowest BCUT2D eigenvalue weighted by Crippen LogP contribution is -2.47. The highest BCUT2D eigenvalue weighted by Gasteiger charge is 2.43. The predicted molar refractivity (Wildman–Crippen MR) is 73.6 cm³/mol. The van der Waals surface area contributed by atoms with Crippen LogP contribution in [-0.2, 0) is 9.59 Å². The Morgan fingerprint density at radius 2 is 2.20 bits per heavy atom. The summed E-state index contributed by atoms with van der Waals surface area (Å²) >= 11 is 0. The van der Waals surface area contributed by atoms with E-state index in [1.165, 1.54) is 0 Å². The van der Waals surface area contributed by atoms with E-state index in [4.69, 9.17) is 6.42 Å². The molecule has 20 heavy (non-hydrogen) atoms. The molecule has 2 aliphatic rings. The van der Waals surface area contributed by atoms with E-state index in [1.807, 2.05) is 13.8 Å². The van der Waals surface area contributed by atoms with E-state index in [1.54, 1.807) is 0 Å². The smallest absolute Gasteiger partial charge is 0.243 e. The van der Waals surface area contributed by atoms with Crippen molar-refractivity contribution in [3.8, 4) is 12.3 Å². The average Bonchev–Trinajstić information content (AvgIpc) is 3.13. The van der Waals surface area contributed by atoms with Crippen LogP contribution in [0.1, 0.15) is 39.5 Å². The zero-order valence-electron chi connectivity index (χ0n) is 11.9. The molecule has 2 amide bonds. The summed E-state index contributed by atoms with van der Waals surface area (Å²) in [7, 11) is 0. The first-order chi connectivity index (χ1) is 9.38. The Morgan fingerprint density at radius 1 is 1.50 bits per heavy atom. The molecule has 1 saturated heterocycles. The molecule has 6 nitrogen and oxygen atoms in total. The van der Waals surface area contributed by atoms with Crippen LogP contribution in [0.5, 0.6) is 0 Å². The van der Waals surface area contributed by atoms with Gasteiger partial charge in [0.05, 0.1) is 0 Å². The molecule has 0 aromatic heterocycles. The third kappa shape index (κ3) is 3.16. The largest absolute Gasteiger partial charge is 0.354 e. The molecule has 1 unspecified atom stereocenters. The number of rotatable bonds is 6. The van der Waals surface area contributed by atoms with Gasteiger partial charge in [0.2, 0.25) is 11.8 Å². The zero-order valence-corrected chi connectivity index (χ0v) is 11.9. The summed E-state index contributed by atoms with van der Waals surface area (Å²) in [5.74, 6) is 2.29. The van der Waals surface area contributed by atoms with Gasteiger partial charge in [0, 0.05) is 37.6 Å². The van der Waals surface area contributed by atoms with Crippen molar-refractivity contribution in [2.45, 2.75) is 51.2 Å². The lowest BCUT2D eigenvalue weighted by atomic mass is 9.87. The number of hydrogen-bond acceptors (Lipinski definition) is 4. The van der Waals surface area contributed by atoms with Gasteiger partial charge >= 0.3 is 0 Å². The number of nitrogens with zero attached hydrogens (tertiary/aromatic N) is 2. The van der Waals surface area contributed by atoms with Crippen LogP contribution in [0.4, 0.5) is 0 Å². The van der Waals surface area contributed by atoms with Gasteiger partial charge in [-0.3, -0.25) is 9.59 Å². The van der Waals surface area contributed by atoms with Crippen LogP contribution >= 0.6 is 0 Å². The highest BCUT2D eigenvalue weighted by molar-refractivity contribution is 5.90. The lowest BCUT2D eigenvalue weighted by molar-refractivity contribution is -0.128. The maximum absolute atomic E-state index is 12.0. The SMILES string of the molecule is C#CCCC1(CCC(=O)NC2C(=O)NCC2(C)C)N=N1. The third-order valence-corrected chi connectivity index (χ3v) is 3.87. The molecular formula is C14H20N4O2. The van der Waals surface area contributed by atoms with Gasteiger partial charge in [0.25, 0.3) is 0 Å². The highest BCUT2D eigenvalue weighted by Crippen LogP contribution is 2.37. The van der Waals surface area contributed by atoms with Crippen molar-refractivity contribution in [2.75, 3.05) is 6.54 Å². The van der Waals surface area contributed by atoms with E-state index in [2.05, 4.69) is 26.8 Å². The summed E-state index contributed by atoms with van der Waals surface area (Å²) in [5, 5.41) is 13.5. The summed E-state index contributed by atoms with van der Waals surface area (Å²) in [4.78, 5) is 23.7. The van der Waals surface area contributed by atoms with Gasteiger partial charge in [0.1, 0.15) is 6.04 Å². The quantitative estimate of drug-likeness (QED) is 0.709. The minimum absolute atomic E-state index is 0.119. The molecule has 6 heteroatoms. The molecule has 2 heterocycles. The number of carbonyl (C=O) groups excluding carboxylic acids is 2. The molecule has 2 rings (SSSR count). The van der Waals surface area contributed by atoms with Crippen LogP contribution in [0.3, 0.4) is 0 Å². The van der Waals surface area contributed by atoms with Gasteiger partial charge in [-0.2, -0.15) is 10.2 Å². The molecule has 0 spiro atoms. The first-order valence-corrected chi connectivity index (χ1v) is 6.83. The summed E-state index contributed by atoms with van der Waals surface area (Å²) in [5.41, 5.74) is -0.709. The van der Waals surface area contributed by atoms with Gasteiger partial charge in [-0.05, 0) is 0 Å². The second kappa shape index (κ2) is 5.23. The highest BCUT2D eigenvalue weighted by atomic mass is 16.2. The van der Waals surface area contributed by atoms with E-state index >= 15 is 0 Å². The van der Waals surface area contributed by atoms with Crippen molar-refractivity contribution in [3.05, 3.63) is 0 Å². The van der Waals surface area contributed by atoms with E-state index in [0.29, 0.717) is 32.2 Å². The molecule has 1 fully saturated rings. The van der Waals surface area contributed by atoms with Gasteiger partial charge in [-0.15, -0.1) is 12.3 Å². The van der Waals surface area contributed by atoms with Crippen LogP contribution in [0.2, 0.25) is 0 Å². The fourth-order valence-corrected chi connectivity index (χ4v) is 2.35. The molecule has 0 aliphatic carbocycles. The van der Waals surface area contributed by atoms with Gasteiger partial charge in [0.15, 0.2) is 5.66 Å². The second-order valence-electron chi connectivity index (χ2n) is 6.09. The Labute approximate surface area is 118 Å². The van der Waals surface area contributed by atoms with Crippen molar-refractivity contribution < 1.29 is 9.59 Å². The molecule has 0 aromatic carbocycles. The van der Waals surface area contributed by atoms with Crippen LogP contribution in [-0.4, -0.2) is 30.1 Å². The summed E-state index contributed by atoms with van der Waals surface area (Å²) < 4.78 is 0. The Kier molecular flexibility index (Phi) is 3.80. The zero-order chi connectivity index (χ0) is 14.8. The van der Waals surface area contributed by atoms with E-state index in [-0.39, 0.29) is 17.2 Å². The van der Waals surface area contributed by atoms with Crippen LogP contribution in [0, 0.1) is 17.8 Å². The lowest BCUT2D eigenvalue weighted by Gasteiger charge is -2.24. The first-order valence-electron chi connectivity index (χ1n) is 6.83. The Balaban J connectivity index is 1.79. The number of nitrogens with one attached hydrogen (secondary N) is 2.